The first-order valence-electron chi connectivity index (χ1n) is 5.25. The van der Waals surface area contributed by atoms with Crippen LogP contribution in [0.25, 0.3) is 0 Å². The monoisotopic (exact) mass is 255 g/mol. The Bertz CT molecular complexity index is 459. The lowest BCUT2D eigenvalue weighted by atomic mass is 10.0. The van der Waals surface area contributed by atoms with Crippen LogP contribution in [0.5, 0.6) is 5.75 Å². The minimum atomic E-state index is -0.890. The molecular weight excluding hydrogens is 242 g/mol. The first-order chi connectivity index (χ1) is 7.95. The number of rotatable bonds is 2. The van der Waals surface area contributed by atoms with E-state index in [0.29, 0.717) is 16.5 Å². The lowest BCUT2D eigenvalue weighted by Crippen LogP contribution is -2.53. The summed E-state index contributed by atoms with van der Waals surface area (Å²) in [5, 5.41) is 0.556. The highest BCUT2D eigenvalue weighted by molar-refractivity contribution is 6.31. The summed E-state index contributed by atoms with van der Waals surface area (Å²) in [6.07, 6.45) is 0. The van der Waals surface area contributed by atoms with Crippen molar-refractivity contribution in [3.8, 4) is 5.75 Å². The molecule has 0 bridgehead atoms. The van der Waals surface area contributed by atoms with E-state index in [-0.39, 0.29) is 12.6 Å². The maximum Gasteiger partial charge on any atom is 0.272 e. The molecule has 5 heteroatoms. The van der Waals surface area contributed by atoms with E-state index in [1.165, 1.54) is 4.90 Å². The topological polar surface area (TPSA) is 38.8 Å². The number of benzene rings is 1. The van der Waals surface area contributed by atoms with Crippen molar-refractivity contribution in [3.63, 3.8) is 0 Å². The molecule has 1 aliphatic rings. The van der Waals surface area contributed by atoms with Crippen molar-refractivity contribution in [3.05, 3.63) is 23.2 Å². The molecule has 0 aliphatic carbocycles. The van der Waals surface area contributed by atoms with Gasteiger partial charge in [0, 0.05) is 12.1 Å². The lowest BCUT2D eigenvalue weighted by molar-refractivity contribution is -0.133. The molecule has 1 aromatic rings. The van der Waals surface area contributed by atoms with Crippen molar-refractivity contribution in [1.82, 2.24) is 0 Å². The van der Waals surface area contributed by atoms with Gasteiger partial charge in [-0.1, -0.05) is 11.6 Å². The number of carbonyl (C=O) groups excluding carboxylic acids is 1. The van der Waals surface area contributed by atoms with Gasteiger partial charge in [0.15, 0.2) is 5.60 Å². The molecule has 1 aliphatic heterocycles. The Morgan fingerprint density at radius 3 is 2.82 bits per heavy atom. The Labute approximate surface area is 105 Å². The molecule has 0 aromatic heterocycles. The maximum atomic E-state index is 12.2. The largest absolute Gasteiger partial charge is 0.476 e. The summed E-state index contributed by atoms with van der Waals surface area (Å²) in [7, 11) is 1.54. The van der Waals surface area contributed by atoms with E-state index >= 15 is 0 Å². The molecule has 0 unspecified atom stereocenters. The van der Waals surface area contributed by atoms with Gasteiger partial charge in [0.1, 0.15) is 12.5 Å². The molecule has 1 heterocycles. The number of anilines is 1. The summed E-state index contributed by atoms with van der Waals surface area (Å²) >= 11 is 5.93. The lowest BCUT2D eigenvalue weighted by Gasteiger charge is -2.38. The number of nitrogens with zero attached hydrogens (tertiary/aromatic N) is 1. The Morgan fingerprint density at radius 1 is 1.47 bits per heavy atom. The van der Waals surface area contributed by atoms with Crippen LogP contribution in [0.4, 0.5) is 5.69 Å². The molecule has 0 fully saturated rings. The Balaban J connectivity index is 2.51. The number of ether oxygens (including phenoxy) is 2. The second-order valence-corrected chi connectivity index (χ2v) is 4.81. The molecule has 1 amide bonds. The van der Waals surface area contributed by atoms with Crippen LogP contribution in [0.1, 0.15) is 13.8 Å². The quantitative estimate of drug-likeness (QED) is 0.815. The highest BCUT2D eigenvalue weighted by Crippen LogP contribution is 2.39. The van der Waals surface area contributed by atoms with Crippen molar-refractivity contribution in [1.29, 1.82) is 0 Å². The predicted octanol–water partition coefficient (Wildman–Crippen LogP) is 2.45. The molecule has 92 valence electrons. The third-order valence-corrected chi connectivity index (χ3v) is 2.83. The van der Waals surface area contributed by atoms with E-state index in [1.54, 1.807) is 39.2 Å². The van der Waals surface area contributed by atoms with Crippen molar-refractivity contribution in [2.75, 3.05) is 18.7 Å². The molecule has 0 atom stereocenters. The van der Waals surface area contributed by atoms with Gasteiger partial charge in [-0.15, -0.1) is 0 Å². The zero-order valence-corrected chi connectivity index (χ0v) is 10.7. The zero-order valence-electron chi connectivity index (χ0n) is 9.99. The number of amides is 1. The molecule has 17 heavy (non-hydrogen) atoms. The van der Waals surface area contributed by atoms with Gasteiger partial charge in [0.2, 0.25) is 0 Å². The normalized spacial score (nSPS) is 17.6. The van der Waals surface area contributed by atoms with Crippen LogP contribution < -0.4 is 9.64 Å². The van der Waals surface area contributed by atoms with Crippen LogP contribution in [-0.4, -0.2) is 25.3 Å². The average molecular weight is 256 g/mol. The standard InChI is InChI=1S/C12H14ClNO3/c1-12(2)11(15)14(7-16-3)9-6-8(13)4-5-10(9)17-12/h4-6H,7H2,1-3H3. The summed E-state index contributed by atoms with van der Waals surface area (Å²) in [5.74, 6) is 0.491. The summed E-state index contributed by atoms with van der Waals surface area (Å²) in [6, 6.07) is 5.19. The number of halogens is 1. The van der Waals surface area contributed by atoms with Gasteiger partial charge in [0.05, 0.1) is 5.69 Å². The van der Waals surface area contributed by atoms with Crippen LogP contribution in [-0.2, 0) is 9.53 Å². The van der Waals surface area contributed by atoms with E-state index in [2.05, 4.69) is 0 Å². The van der Waals surface area contributed by atoms with Gasteiger partial charge in [-0.2, -0.15) is 0 Å². The maximum absolute atomic E-state index is 12.2. The number of hydrogen-bond acceptors (Lipinski definition) is 3. The van der Waals surface area contributed by atoms with Gasteiger partial charge in [-0.3, -0.25) is 9.69 Å². The summed E-state index contributed by atoms with van der Waals surface area (Å²) in [6.45, 7) is 3.64. The van der Waals surface area contributed by atoms with E-state index < -0.39 is 5.60 Å². The predicted molar refractivity (Wildman–Crippen MR) is 65.5 cm³/mol. The second-order valence-electron chi connectivity index (χ2n) is 4.38. The highest BCUT2D eigenvalue weighted by Gasteiger charge is 2.40. The van der Waals surface area contributed by atoms with Gasteiger partial charge in [-0.25, -0.2) is 0 Å². The number of fused-ring (bicyclic) bond motifs is 1. The van der Waals surface area contributed by atoms with Crippen LogP contribution in [0.15, 0.2) is 18.2 Å². The van der Waals surface area contributed by atoms with Crippen molar-refractivity contribution in [2.24, 2.45) is 0 Å². The highest BCUT2D eigenvalue weighted by atomic mass is 35.5. The van der Waals surface area contributed by atoms with Crippen molar-refractivity contribution in [2.45, 2.75) is 19.4 Å². The average Bonchev–Trinajstić information content (AvgIpc) is 2.26. The van der Waals surface area contributed by atoms with Crippen LogP contribution in [0.3, 0.4) is 0 Å². The third-order valence-electron chi connectivity index (χ3n) is 2.60. The number of methoxy groups -OCH3 is 1. The number of carbonyl (C=O) groups is 1. The molecule has 0 saturated carbocycles. The van der Waals surface area contributed by atoms with Crippen molar-refractivity contribution >= 4 is 23.2 Å². The molecular formula is C12H14ClNO3. The van der Waals surface area contributed by atoms with Crippen LogP contribution in [0.2, 0.25) is 5.02 Å². The first kappa shape index (κ1) is 12.2. The molecule has 2 rings (SSSR count). The Kier molecular flexibility index (Phi) is 3.02. The summed E-state index contributed by atoms with van der Waals surface area (Å²) < 4.78 is 10.7. The minimum absolute atomic E-state index is 0.144. The summed E-state index contributed by atoms with van der Waals surface area (Å²) in [4.78, 5) is 13.7. The molecule has 0 spiro atoms. The second kappa shape index (κ2) is 4.20. The van der Waals surface area contributed by atoms with E-state index in [9.17, 15) is 4.79 Å². The van der Waals surface area contributed by atoms with E-state index in [1.807, 2.05) is 0 Å². The Hall–Kier alpha value is -1.26. The van der Waals surface area contributed by atoms with E-state index in [0.717, 1.165) is 0 Å². The van der Waals surface area contributed by atoms with Gasteiger partial charge in [0.25, 0.3) is 5.91 Å². The van der Waals surface area contributed by atoms with Crippen molar-refractivity contribution < 1.29 is 14.3 Å². The minimum Gasteiger partial charge on any atom is -0.476 e. The third kappa shape index (κ3) is 2.10. The molecule has 4 nitrogen and oxygen atoms in total. The molecule has 0 radical (unpaired) electrons. The Morgan fingerprint density at radius 2 is 2.18 bits per heavy atom. The smallest absolute Gasteiger partial charge is 0.272 e. The molecule has 0 saturated heterocycles. The zero-order chi connectivity index (χ0) is 12.6. The fourth-order valence-electron chi connectivity index (χ4n) is 1.80. The molecule has 1 aromatic carbocycles. The van der Waals surface area contributed by atoms with Gasteiger partial charge in [-0.05, 0) is 32.0 Å². The van der Waals surface area contributed by atoms with Crippen LogP contribution in [0, 0.1) is 0 Å². The fourth-order valence-corrected chi connectivity index (χ4v) is 1.96. The summed E-state index contributed by atoms with van der Waals surface area (Å²) in [5.41, 5.74) is -0.247. The van der Waals surface area contributed by atoms with Crippen LogP contribution >= 0.6 is 11.6 Å². The molecule has 0 N–H and O–H groups in total. The number of hydrogen-bond donors (Lipinski definition) is 0. The fraction of sp³-hybridized carbons (Fsp3) is 0.417. The SMILES string of the molecule is COCN1C(=O)C(C)(C)Oc2ccc(Cl)cc21. The van der Waals surface area contributed by atoms with Gasteiger partial charge < -0.3 is 9.47 Å². The van der Waals surface area contributed by atoms with E-state index in [4.69, 9.17) is 21.1 Å². The van der Waals surface area contributed by atoms with Gasteiger partial charge >= 0.3 is 0 Å². The first-order valence-corrected chi connectivity index (χ1v) is 5.63.